The van der Waals surface area contributed by atoms with Gasteiger partial charge in [0.25, 0.3) is 0 Å². The highest BCUT2D eigenvalue weighted by molar-refractivity contribution is 6.02. The average molecular weight is 186 g/mol. The van der Waals surface area contributed by atoms with Gasteiger partial charge in [0.2, 0.25) is 0 Å². The maximum absolute atomic E-state index is 11.5. The number of hydrogen-bond acceptors (Lipinski definition) is 2. The predicted molar refractivity (Wildman–Crippen MR) is 51.8 cm³/mol. The summed E-state index contributed by atoms with van der Waals surface area (Å²) in [6, 6.07) is 9.92. The van der Waals surface area contributed by atoms with Crippen molar-refractivity contribution in [2.45, 2.75) is 18.1 Å². The van der Waals surface area contributed by atoms with Gasteiger partial charge in [-0.25, -0.2) is 0 Å². The summed E-state index contributed by atoms with van der Waals surface area (Å²) in [5.74, 6) is 0.117. The van der Waals surface area contributed by atoms with Crippen LogP contribution in [0.25, 0.3) is 0 Å². The van der Waals surface area contributed by atoms with Crippen molar-refractivity contribution in [3.63, 3.8) is 0 Å². The molecule has 2 heteroatoms. The molecule has 0 N–H and O–H groups in total. The largest absolute Gasteiger partial charge is 0.352 e. The molecule has 0 amide bonds. The predicted octanol–water partition coefficient (Wildman–Crippen LogP) is 2.03. The molecule has 0 aromatic heterocycles. The molecule has 1 aliphatic carbocycles. The molecule has 1 aliphatic heterocycles. The fourth-order valence-corrected chi connectivity index (χ4v) is 2.07. The minimum absolute atomic E-state index is 0.0220. The fourth-order valence-electron chi connectivity index (χ4n) is 2.07. The van der Waals surface area contributed by atoms with Crippen molar-refractivity contribution in [1.82, 2.24) is 0 Å². The molecular formula is C12H10O2. The van der Waals surface area contributed by atoms with Crippen LogP contribution in [0, 0.1) is 0 Å². The Morgan fingerprint density at radius 2 is 2.07 bits per heavy atom. The van der Waals surface area contributed by atoms with Gasteiger partial charge in [-0.2, -0.15) is 0 Å². The van der Waals surface area contributed by atoms with Crippen LogP contribution >= 0.6 is 0 Å². The van der Waals surface area contributed by atoms with Crippen LogP contribution in [0.5, 0.6) is 0 Å². The van der Waals surface area contributed by atoms with E-state index in [9.17, 15) is 4.79 Å². The minimum Gasteiger partial charge on any atom is -0.352 e. The fraction of sp³-hybridized carbons (Fsp3) is 0.250. The highest BCUT2D eigenvalue weighted by Gasteiger charge is 2.62. The normalized spacial score (nSPS) is 34.0. The van der Waals surface area contributed by atoms with E-state index < -0.39 is 5.60 Å². The molecule has 1 saturated heterocycles. The first-order valence-corrected chi connectivity index (χ1v) is 4.77. The molecule has 1 heterocycles. The second kappa shape index (κ2) is 2.55. The smallest absolute Gasteiger partial charge is 0.190 e. The first-order chi connectivity index (χ1) is 6.83. The molecule has 1 fully saturated rings. The summed E-state index contributed by atoms with van der Waals surface area (Å²) < 4.78 is 5.55. The summed E-state index contributed by atoms with van der Waals surface area (Å²) in [7, 11) is 0. The summed E-state index contributed by atoms with van der Waals surface area (Å²) >= 11 is 0. The number of carbonyl (C=O) groups excluding carboxylic acids is 1. The molecule has 2 atom stereocenters. The third-order valence-electron chi connectivity index (χ3n) is 2.90. The van der Waals surface area contributed by atoms with E-state index in [0.29, 0.717) is 0 Å². The zero-order chi connectivity index (χ0) is 9.60. The van der Waals surface area contributed by atoms with Gasteiger partial charge in [0, 0.05) is 6.42 Å². The minimum atomic E-state index is -0.526. The van der Waals surface area contributed by atoms with E-state index in [1.54, 1.807) is 6.08 Å². The standard InChI is InChI=1S/C12H10O2/c13-10-7-4-8-12(10)11(14-12)9-5-2-1-3-6-9/h1-7,11H,8H2. The van der Waals surface area contributed by atoms with Crippen LogP contribution in [0.3, 0.4) is 0 Å². The van der Waals surface area contributed by atoms with Crippen molar-refractivity contribution in [3.8, 4) is 0 Å². The van der Waals surface area contributed by atoms with Crippen molar-refractivity contribution in [2.75, 3.05) is 0 Å². The van der Waals surface area contributed by atoms with Gasteiger partial charge in [0.05, 0.1) is 0 Å². The van der Waals surface area contributed by atoms with Crippen LogP contribution in [-0.4, -0.2) is 11.4 Å². The zero-order valence-corrected chi connectivity index (χ0v) is 7.64. The molecule has 14 heavy (non-hydrogen) atoms. The number of epoxide rings is 1. The SMILES string of the molecule is O=C1C=CCC12OC2c1ccccc1. The van der Waals surface area contributed by atoms with Gasteiger partial charge in [0.15, 0.2) is 11.4 Å². The molecule has 0 saturated carbocycles. The van der Waals surface area contributed by atoms with E-state index in [1.165, 1.54) is 0 Å². The molecule has 70 valence electrons. The van der Waals surface area contributed by atoms with Gasteiger partial charge in [-0.1, -0.05) is 36.4 Å². The second-order valence-electron chi connectivity index (χ2n) is 3.77. The van der Waals surface area contributed by atoms with E-state index in [4.69, 9.17) is 4.74 Å². The van der Waals surface area contributed by atoms with Crippen molar-refractivity contribution in [3.05, 3.63) is 48.0 Å². The Hall–Kier alpha value is -1.41. The van der Waals surface area contributed by atoms with Crippen LogP contribution in [0.4, 0.5) is 0 Å². The highest BCUT2D eigenvalue weighted by atomic mass is 16.6. The van der Waals surface area contributed by atoms with Crippen LogP contribution in [0.1, 0.15) is 18.1 Å². The van der Waals surface area contributed by atoms with E-state index in [1.807, 2.05) is 36.4 Å². The van der Waals surface area contributed by atoms with E-state index in [2.05, 4.69) is 0 Å². The molecular weight excluding hydrogens is 176 g/mol. The molecule has 3 rings (SSSR count). The lowest BCUT2D eigenvalue weighted by molar-refractivity contribution is -0.118. The number of hydrogen-bond donors (Lipinski definition) is 0. The Labute approximate surface area is 82.2 Å². The summed E-state index contributed by atoms with van der Waals surface area (Å²) in [5.41, 5.74) is 0.575. The highest BCUT2D eigenvalue weighted by Crippen LogP contribution is 2.54. The Morgan fingerprint density at radius 3 is 2.71 bits per heavy atom. The summed E-state index contributed by atoms with van der Waals surface area (Å²) in [6.07, 6.45) is 4.23. The van der Waals surface area contributed by atoms with Gasteiger partial charge in [0.1, 0.15) is 6.10 Å². The van der Waals surface area contributed by atoms with Crippen molar-refractivity contribution >= 4 is 5.78 Å². The van der Waals surface area contributed by atoms with Crippen LogP contribution in [0.15, 0.2) is 42.5 Å². The third kappa shape index (κ3) is 0.917. The Bertz CT molecular complexity index is 408. The van der Waals surface area contributed by atoms with Gasteiger partial charge >= 0.3 is 0 Å². The maximum atomic E-state index is 11.5. The average Bonchev–Trinajstić information content (AvgIpc) is 2.84. The number of benzene rings is 1. The quantitative estimate of drug-likeness (QED) is 0.628. The van der Waals surface area contributed by atoms with Crippen LogP contribution < -0.4 is 0 Å². The first-order valence-electron chi connectivity index (χ1n) is 4.77. The monoisotopic (exact) mass is 186 g/mol. The van der Waals surface area contributed by atoms with Gasteiger partial charge < -0.3 is 4.74 Å². The topological polar surface area (TPSA) is 29.6 Å². The van der Waals surface area contributed by atoms with Crippen LogP contribution in [-0.2, 0) is 9.53 Å². The van der Waals surface area contributed by atoms with Gasteiger partial charge in [-0.05, 0) is 11.6 Å². The van der Waals surface area contributed by atoms with Gasteiger partial charge in [-0.15, -0.1) is 0 Å². The van der Waals surface area contributed by atoms with Gasteiger partial charge in [-0.3, -0.25) is 4.79 Å². The Balaban J connectivity index is 1.90. The summed E-state index contributed by atoms with van der Waals surface area (Å²) in [6.45, 7) is 0. The molecule has 2 nitrogen and oxygen atoms in total. The molecule has 2 unspecified atom stereocenters. The molecule has 0 bridgehead atoms. The first kappa shape index (κ1) is 7.94. The van der Waals surface area contributed by atoms with Crippen molar-refractivity contribution < 1.29 is 9.53 Å². The molecule has 1 aromatic carbocycles. The number of ketones is 1. The molecule has 2 aliphatic rings. The summed E-state index contributed by atoms with van der Waals surface area (Å²) in [4.78, 5) is 11.5. The van der Waals surface area contributed by atoms with E-state index >= 15 is 0 Å². The van der Waals surface area contributed by atoms with Crippen molar-refractivity contribution in [1.29, 1.82) is 0 Å². The molecule has 1 aromatic rings. The number of carbonyl (C=O) groups is 1. The third-order valence-corrected chi connectivity index (χ3v) is 2.90. The molecule has 0 radical (unpaired) electrons. The summed E-state index contributed by atoms with van der Waals surface area (Å²) in [5, 5.41) is 0. The Kier molecular flexibility index (Phi) is 1.45. The lowest BCUT2D eigenvalue weighted by Gasteiger charge is -2.00. The maximum Gasteiger partial charge on any atom is 0.190 e. The molecule has 1 spiro atoms. The van der Waals surface area contributed by atoms with Crippen molar-refractivity contribution in [2.24, 2.45) is 0 Å². The zero-order valence-electron chi connectivity index (χ0n) is 7.64. The van der Waals surface area contributed by atoms with E-state index in [0.717, 1.165) is 12.0 Å². The lowest BCUT2D eigenvalue weighted by atomic mass is 9.96. The number of ether oxygens (including phenoxy) is 1. The Morgan fingerprint density at radius 1 is 1.29 bits per heavy atom. The number of rotatable bonds is 1. The van der Waals surface area contributed by atoms with Crippen LogP contribution in [0.2, 0.25) is 0 Å². The lowest BCUT2D eigenvalue weighted by Crippen LogP contribution is -2.18. The van der Waals surface area contributed by atoms with E-state index in [-0.39, 0.29) is 11.9 Å². The second-order valence-corrected chi connectivity index (χ2v) is 3.77.